The fourth-order valence-corrected chi connectivity index (χ4v) is 5.17. The highest BCUT2D eigenvalue weighted by Gasteiger charge is 2.16. The Morgan fingerprint density at radius 1 is 1.29 bits per heavy atom. The molecule has 1 fully saturated rings. The summed E-state index contributed by atoms with van der Waals surface area (Å²) in [6.07, 6.45) is 4.65. The van der Waals surface area contributed by atoms with Gasteiger partial charge in [-0.2, -0.15) is 0 Å². The van der Waals surface area contributed by atoms with Crippen molar-refractivity contribution < 1.29 is 14.3 Å². The van der Waals surface area contributed by atoms with Crippen molar-refractivity contribution >= 4 is 33.5 Å². The molecule has 1 aliphatic heterocycles. The fourth-order valence-electron chi connectivity index (χ4n) is 2.14. The monoisotopic (exact) mass is 325 g/mol. The molecule has 1 heterocycles. The van der Waals surface area contributed by atoms with Gasteiger partial charge >= 0.3 is 5.97 Å². The van der Waals surface area contributed by atoms with Gasteiger partial charge in [-0.25, -0.2) is 0 Å². The Bertz CT molecular complexity index is 501. The molecule has 21 heavy (non-hydrogen) atoms. The highest BCUT2D eigenvalue weighted by molar-refractivity contribution is 8.77. The SMILES string of the molecule is NC(=O)c1ccccc1OC(=O)CCCC[C@H]1CCSS1. The lowest BCUT2D eigenvalue weighted by Gasteiger charge is -2.08. The van der Waals surface area contributed by atoms with Gasteiger partial charge in [0.15, 0.2) is 0 Å². The van der Waals surface area contributed by atoms with Crippen LogP contribution in [-0.4, -0.2) is 22.9 Å². The Kier molecular flexibility index (Phi) is 6.45. The predicted molar refractivity (Wildman–Crippen MR) is 87.5 cm³/mol. The molecule has 1 atom stereocenters. The third-order valence-electron chi connectivity index (χ3n) is 3.26. The van der Waals surface area contributed by atoms with Gasteiger partial charge in [0, 0.05) is 17.4 Å². The van der Waals surface area contributed by atoms with Crippen molar-refractivity contribution in [2.24, 2.45) is 5.73 Å². The third kappa shape index (κ3) is 5.28. The summed E-state index contributed by atoms with van der Waals surface area (Å²) in [6, 6.07) is 6.54. The van der Waals surface area contributed by atoms with Gasteiger partial charge < -0.3 is 10.5 Å². The number of hydrogen-bond acceptors (Lipinski definition) is 5. The molecule has 0 aliphatic carbocycles. The van der Waals surface area contributed by atoms with E-state index in [1.807, 2.05) is 21.6 Å². The van der Waals surface area contributed by atoms with Crippen molar-refractivity contribution in [3.63, 3.8) is 0 Å². The standard InChI is InChI=1S/C15H19NO3S2/c16-15(18)12-6-2-3-7-13(12)19-14(17)8-4-1-5-11-9-10-20-21-11/h2-3,6-7,11H,1,4-5,8-10H2,(H2,16,18)/t11-/m0/s1. The number of nitrogens with two attached hydrogens (primary N) is 1. The lowest BCUT2D eigenvalue weighted by molar-refractivity contribution is -0.134. The summed E-state index contributed by atoms with van der Waals surface area (Å²) in [5, 5.41) is 0.738. The van der Waals surface area contributed by atoms with Crippen molar-refractivity contribution in [3.8, 4) is 5.75 Å². The molecule has 0 unspecified atom stereocenters. The van der Waals surface area contributed by atoms with E-state index >= 15 is 0 Å². The second-order valence-electron chi connectivity index (χ2n) is 4.91. The number of benzene rings is 1. The molecule has 0 radical (unpaired) electrons. The van der Waals surface area contributed by atoms with Gasteiger partial charge in [0.2, 0.25) is 0 Å². The van der Waals surface area contributed by atoms with E-state index in [1.165, 1.54) is 12.2 Å². The number of carbonyl (C=O) groups is 2. The molecule has 1 aliphatic rings. The van der Waals surface area contributed by atoms with Crippen LogP contribution in [0.15, 0.2) is 24.3 Å². The molecule has 0 bridgehead atoms. The van der Waals surface area contributed by atoms with Crippen LogP contribution in [0.3, 0.4) is 0 Å². The predicted octanol–water partition coefficient (Wildman–Crippen LogP) is 3.41. The minimum Gasteiger partial charge on any atom is -0.426 e. The summed E-state index contributed by atoms with van der Waals surface area (Å²) in [7, 11) is 3.89. The Morgan fingerprint density at radius 3 is 2.81 bits per heavy atom. The van der Waals surface area contributed by atoms with Gasteiger partial charge in [0.1, 0.15) is 5.75 Å². The first-order valence-corrected chi connectivity index (χ1v) is 9.43. The zero-order valence-electron chi connectivity index (χ0n) is 11.7. The van der Waals surface area contributed by atoms with Crippen molar-refractivity contribution in [2.45, 2.75) is 37.4 Å². The molecule has 1 aromatic carbocycles. The lowest BCUT2D eigenvalue weighted by atomic mass is 10.1. The normalized spacial score (nSPS) is 17.6. The number of esters is 1. The molecular weight excluding hydrogens is 306 g/mol. The minimum atomic E-state index is -0.589. The summed E-state index contributed by atoms with van der Waals surface area (Å²) < 4.78 is 5.23. The van der Waals surface area contributed by atoms with Gasteiger partial charge in [0.25, 0.3) is 5.91 Å². The van der Waals surface area contributed by atoms with E-state index in [2.05, 4.69) is 0 Å². The first kappa shape index (κ1) is 16.2. The van der Waals surface area contributed by atoms with Gasteiger partial charge in [-0.15, -0.1) is 0 Å². The molecular formula is C15H19NO3S2. The average Bonchev–Trinajstić information content (AvgIpc) is 2.97. The largest absolute Gasteiger partial charge is 0.426 e. The van der Waals surface area contributed by atoms with Crippen molar-refractivity contribution in [2.75, 3.05) is 5.75 Å². The molecule has 0 saturated carbocycles. The fraction of sp³-hybridized carbons (Fsp3) is 0.467. The van der Waals surface area contributed by atoms with E-state index < -0.39 is 5.91 Å². The Morgan fingerprint density at radius 2 is 2.10 bits per heavy atom. The molecule has 6 heteroatoms. The molecule has 4 nitrogen and oxygen atoms in total. The maximum Gasteiger partial charge on any atom is 0.311 e. The number of rotatable bonds is 7. The smallest absolute Gasteiger partial charge is 0.311 e. The van der Waals surface area contributed by atoms with E-state index in [1.54, 1.807) is 24.3 Å². The number of hydrogen-bond donors (Lipinski definition) is 1. The summed E-state index contributed by atoms with van der Waals surface area (Å²) in [5.41, 5.74) is 5.49. The summed E-state index contributed by atoms with van der Waals surface area (Å²) in [6.45, 7) is 0. The first-order chi connectivity index (χ1) is 10.2. The van der Waals surface area contributed by atoms with E-state index in [0.717, 1.165) is 24.5 Å². The van der Waals surface area contributed by atoms with Crippen LogP contribution in [0.5, 0.6) is 5.75 Å². The second-order valence-corrected chi connectivity index (χ2v) is 7.70. The van der Waals surface area contributed by atoms with Crippen LogP contribution >= 0.6 is 21.6 Å². The van der Waals surface area contributed by atoms with Crippen LogP contribution in [0.1, 0.15) is 42.5 Å². The Hall–Kier alpha value is -1.14. The molecule has 2 rings (SSSR count). The molecule has 2 N–H and O–H groups in total. The van der Waals surface area contributed by atoms with Crippen LogP contribution in [0, 0.1) is 0 Å². The second kappa shape index (κ2) is 8.34. The first-order valence-electron chi connectivity index (χ1n) is 7.04. The molecule has 1 saturated heterocycles. The lowest BCUT2D eigenvalue weighted by Crippen LogP contribution is -2.15. The third-order valence-corrected chi connectivity index (χ3v) is 6.27. The number of ether oxygens (including phenoxy) is 1. The molecule has 0 aromatic heterocycles. The molecule has 114 valence electrons. The maximum absolute atomic E-state index is 11.8. The van der Waals surface area contributed by atoms with Crippen molar-refractivity contribution in [1.29, 1.82) is 0 Å². The molecule has 0 spiro atoms. The molecule has 1 aromatic rings. The van der Waals surface area contributed by atoms with Gasteiger partial charge in [0.05, 0.1) is 5.56 Å². The zero-order chi connectivity index (χ0) is 15.1. The minimum absolute atomic E-state index is 0.241. The summed E-state index contributed by atoms with van der Waals surface area (Å²) >= 11 is 0. The van der Waals surface area contributed by atoms with Gasteiger partial charge in [-0.3, -0.25) is 9.59 Å². The number of unbranched alkanes of at least 4 members (excludes halogenated alkanes) is 1. The van der Waals surface area contributed by atoms with E-state index in [9.17, 15) is 9.59 Å². The number of amides is 1. The number of primary amides is 1. The number of para-hydroxylation sites is 1. The van der Waals surface area contributed by atoms with Crippen molar-refractivity contribution in [3.05, 3.63) is 29.8 Å². The summed E-state index contributed by atoms with van der Waals surface area (Å²) in [4.78, 5) is 23.0. The molecule has 1 amide bonds. The quantitative estimate of drug-likeness (QED) is 0.360. The van der Waals surface area contributed by atoms with Gasteiger partial charge in [-0.1, -0.05) is 40.1 Å². The Labute approximate surface area is 132 Å². The van der Waals surface area contributed by atoms with Crippen LogP contribution in [0.2, 0.25) is 0 Å². The number of carbonyl (C=O) groups excluding carboxylic acids is 2. The zero-order valence-corrected chi connectivity index (χ0v) is 13.4. The average molecular weight is 325 g/mol. The van der Waals surface area contributed by atoms with Crippen LogP contribution < -0.4 is 10.5 Å². The highest BCUT2D eigenvalue weighted by atomic mass is 33.1. The van der Waals surface area contributed by atoms with Crippen molar-refractivity contribution in [1.82, 2.24) is 0 Å². The van der Waals surface area contributed by atoms with E-state index in [4.69, 9.17) is 10.5 Å². The van der Waals surface area contributed by atoms with E-state index in [0.29, 0.717) is 6.42 Å². The van der Waals surface area contributed by atoms with E-state index in [-0.39, 0.29) is 17.3 Å². The van der Waals surface area contributed by atoms with Crippen LogP contribution in [0.4, 0.5) is 0 Å². The maximum atomic E-state index is 11.8. The van der Waals surface area contributed by atoms with Crippen LogP contribution in [-0.2, 0) is 4.79 Å². The van der Waals surface area contributed by atoms with Crippen LogP contribution in [0.25, 0.3) is 0 Å². The Balaban J connectivity index is 1.73. The topological polar surface area (TPSA) is 69.4 Å². The summed E-state index contributed by atoms with van der Waals surface area (Å²) in [5.74, 6) is 0.588. The van der Waals surface area contributed by atoms with Gasteiger partial charge in [-0.05, 0) is 31.4 Å². The highest BCUT2D eigenvalue weighted by Crippen LogP contribution is 2.39.